The molecule has 218 valence electrons. The van der Waals surface area contributed by atoms with Gasteiger partial charge < -0.3 is 34.1 Å². The fourth-order valence-corrected chi connectivity index (χ4v) is 5.40. The number of phenolic OH excluding ortho intramolecular Hbond substituents is 2. The highest BCUT2D eigenvalue weighted by Crippen LogP contribution is 2.44. The van der Waals surface area contributed by atoms with Crippen LogP contribution in [-0.2, 0) is 9.59 Å². The van der Waals surface area contributed by atoms with Gasteiger partial charge in [-0.2, -0.15) is 0 Å². The first-order valence-electron chi connectivity index (χ1n) is 13.6. The van der Waals surface area contributed by atoms with E-state index in [4.69, 9.17) is 19.0 Å². The minimum absolute atomic E-state index is 0.0412. The Kier molecular flexibility index (Phi) is 8.33. The summed E-state index contributed by atoms with van der Waals surface area (Å²) in [5.41, 5.74) is 0.748. The summed E-state index contributed by atoms with van der Waals surface area (Å²) in [6.07, 6.45) is 2.75. The molecule has 4 aromatic rings. The maximum Gasteiger partial charge on any atom is 0.341 e. The third-order valence-electron chi connectivity index (χ3n) is 7.43. The van der Waals surface area contributed by atoms with Crippen molar-refractivity contribution in [2.75, 3.05) is 26.8 Å². The summed E-state index contributed by atoms with van der Waals surface area (Å²) >= 11 is 0. The smallest absolute Gasteiger partial charge is 0.341 e. The fraction of sp³-hybridized carbons (Fsp3) is 0.281. The molecule has 10 nitrogen and oxygen atoms in total. The Hall–Kier alpha value is -4.99. The summed E-state index contributed by atoms with van der Waals surface area (Å²) in [6.45, 7) is 0.655. The van der Waals surface area contributed by atoms with Crippen molar-refractivity contribution in [1.82, 2.24) is 4.90 Å². The third kappa shape index (κ3) is 5.88. The van der Waals surface area contributed by atoms with E-state index in [1.165, 1.54) is 19.2 Å². The molecule has 5 rings (SSSR count). The van der Waals surface area contributed by atoms with Gasteiger partial charge in [-0.25, -0.2) is 4.79 Å². The van der Waals surface area contributed by atoms with Crippen molar-refractivity contribution in [2.45, 2.75) is 31.6 Å². The highest BCUT2D eigenvalue weighted by atomic mass is 16.5. The summed E-state index contributed by atoms with van der Waals surface area (Å²) in [5, 5.41) is 30.9. The van der Waals surface area contributed by atoms with Crippen LogP contribution in [0.1, 0.15) is 42.7 Å². The molecule has 1 atom stereocenters. The molecule has 0 bridgehead atoms. The molecule has 1 amide bonds. The zero-order valence-electron chi connectivity index (χ0n) is 23.0. The molecule has 1 aliphatic rings. The van der Waals surface area contributed by atoms with Crippen LogP contribution < -0.4 is 14.9 Å². The zero-order valence-corrected chi connectivity index (χ0v) is 23.0. The van der Waals surface area contributed by atoms with Crippen LogP contribution in [0.25, 0.3) is 22.3 Å². The van der Waals surface area contributed by atoms with Gasteiger partial charge in [0.1, 0.15) is 28.2 Å². The van der Waals surface area contributed by atoms with Crippen molar-refractivity contribution >= 4 is 22.8 Å². The van der Waals surface area contributed by atoms with Crippen LogP contribution in [0, 0.1) is 0 Å². The molecular weight excluding hydrogens is 542 g/mol. The molecule has 2 heterocycles. The Bertz CT molecular complexity index is 1670. The van der Waals surface area contributed by atoms with Gasteiger partial charge in [0.15, 0.2) is 23.5 Å². The molecule has 10 heteroatoms. The lowest BCUT2D eigenvalue weighted by atomic mass is 9.85. The molecule has 0 aliphatic carbocycles. The molecule has 3 N–H and O–H groups in total. The number of fused-ring (bicyclic) bond motifs is 1. The van der Waals surface area contributed by atoms with Gasteiger partial charge in [0.2, 0.25) is 5.91 Å². The summed E-state index contributed by atoms with van der Waals surface area (Å²) in [6, 6.07) is 16.1. The minimum Gasteiger partial charge on any atom is -0.507 e. The van der Waals surface area contributed by atoms with Crippen LogP contribution in [0.15, 0.2) is 69.9 Å². The van der Waals surface area contributed by atoms with Gasteiger partial charge in [-0.3, -0.25) is 9.59 Å². The predicted octanol–water partition coefficient (Wildman–Crippen LogP) is 4.88. The van der Waals surface area contributed by atoms with E-state index in [1.807, 2.05) is 6.07 Å². The topological polar surface area (TPSA) is 147 Å². The third-order valence-corrected chi connectivity index (χ3v) is 7.43. The normalized spacial score (nSPS) is 14.0. The molecule has 1 aromatic heterocycles. The first kappa shape index (κ1) is 28.5. The quantitative estimate of drug-likeness (QED) is 0.255. The van der Waals surface area contributed by atoms with E-state index in [0.717, 1.165) is 25.3 Å². The number of carbonyl (C=O) groups is 2. The highest BCUT2D eigenvalue weighted by molar-refractivity contribution is 5.91. The van der Waals surface area contributed by atoms with Gasteiger partial charge in [0, 0.05) is 48.7 Å². The number of carboxylic acid groups (broad SMARTS) is 1. The number of benzene rings is 3. The Morgan fingerprint density at radius 3 is 2.38 bits per heavy atom. The monoisotopic (exact) mass is 573 g/mol. The summed E-state index contributed by atoms with van der Waals surface area (Å²) in [7, 11) is 1.40. The molecule has 0 spiro atoms. The van der Waals surface area contributed by atoms with Crippen molar-refractivity contribution < 1.29 is 38.8 Å². The minimum atomic E-state index is -1.16. The Morgan fingerprint density at radius 2 is 1.69 bits per heavy atom. The summed E-state index contributed by atoms with van der Waals surface area (Å²) in [5.74, 6) is -2.30. The van der Waals surface area contributed by atoms with Crippen LogP contribution in [0.5, 0.6) is 23.0 Å². The van der Waals surface area contributed by atoms with Gasteiger partial charge in [-0.15, -0.1) is 0 Å². The average Bonchev–Trinajstić information content (AvgIpc) is 2.99. The van der Waals surface area contributed by atoms with Crippen LogP contribution in [0.2, 0.25) is 0 Å². The van der Waals surface area contributed by atoms with E-state index in [0.29, 0.717) is 24.2 Å². The molecule has 1 fully saturated rings. The summed E-state index contributed by atoms with van der Waals surface area (Å²) in [4.78, 5) is 39.7. The number of likely N-dealkylation sites (tertiary alicyclic amines) is 1. The number of methoxy groups -OCH3 is 1. The fourth-order valence-electron chi connectivity index (χ4n) is 5.40. The van der Waals surface area contributed by atoms with Crippen LogP contribution in [-0.4, -0.2) is 58.9 Å². The molecule has 1 saturated heterocycles. The van der Waals surface area contributed by atoms with E-state index in [1.54, 1.807) is 41.3 Å². The van der Waals surface area contributed by atoms with Crippen LogP contribution in [0.4, 0.5) is 0 Å². The second-order valence-electron chi connectivity index (χ2n) is 10.2. The van der Waals surface area contributed by atoms with Gasteiger partial charge in [-0.05, 0) is 37.0 Å². The highest BCUT2D eigenvalue weighted by Gasteiger charge is 2.30. The van der Waals surface area contributed by atoms with Gasteiger partial charge >= 0.3 is 5.97 Å². The van der Waals surface area contributed by atoms with E-state index in [-0.39, 0.29) is 51.9 Å². The molecule has 0 saturated carbocycles. The molecule has 1 aliphatic heterocycles. The van der Waals surface area contributed by atoms with E-state index < -0.39 is 29.7 Å². The lowest BCUT2D eigenvalue weighted by Crippen LogP contribution is -2.36. The van der Waals surface area contributed by atoms with Gasteiger partial charge in [0.25, 0.3) is 0 Å². The molecule has 3 aromatic carbocycles. The van der Waals surface area contributed by atoms with Crippen molar-refractivity contribution in [2.24, 2.45) is 0 Å². The number of hydrogen-bond acceptors (Lipinski definition) is 8. The Morgan fingerprint density at radius 1 is 0.952 bits per heavy atom. The number of phenols is 2. The van der Waals surface area contributed by atoms with Crippen molar-refractivity contribution in [3.05, 3.63) is 82.0 Å². The van der Waals surface area contributed by atoms with Crippen molar-refractivity contribution in [3.63, 3.8) is 0 Å². The molecular formula is C32H31NO9. The first-order valence-corrected chi connectivity index (χ1v) is 13.6. The largest absolute Gasteiger partial charge is 0.507 e. The molecule has 0 unspecified atom stereocenters. The predicted molar refractivity (Wildman–Crippen MR) is 154 cm³/mol. The Labute approximate surface area is 241 Å². The van der Waals surface area contributed by atoms with Crippen molar-refractivity contribution in [1.29, 1.82) is 0 Å². The number of carbonyl (C=O) groups excluding carboxylic acids is 1. The number of amides is 1. The second kappa shape index (κ2) is 12.3. The zero-order chi connectivity index (χ0) is 29.8. The van der Waals surface area contributed by atoms with E-state index in [9.17, 15) is 24.6 Å². The second-order valence-corrected chi connectivity index (χ2v) is 10.2. The average molecular weight is 574 g/mol. The van der Waals surface area contributed by atoms with Crippen LogP contribution >= 0.6 is 0 Å². The lowest BCUT2D eigenvalue weighted by Gasteiger charge is -2.29. The number of aliphatic carboxylic acids is 1. The first-order chi connectivity index (χ1) is 20.3. The number of carboxylic acids is 1. The maximum atomic E-state index is 13.6. The maximum absolute atomic E-state index is 13.6. The van der Waals surface area contributed by atoms with Gasteiger partial charge in [-0.1, -0.05) is 36.4 Å². The molecule has 0 radical (unpaired) electrons. The number of rotatable bonds is 9. The SMILES string of the molecule is COc1cc([C@H](CC(=O)N2CCCCC2)c2c(O)cc(O)c3c(=O)cc(-c4ccccc4)oc23)ccc1OCC(=O)O. The van der Waals surface area contributed by atoms with E-state index >= 15 is 0 Å². The van der Waals surface area contributed by atoms with Gasteiger partial charge in [0.05, 0.1) is 7.11 Å². The molecule has 42 heavy (non-hydrogen) atoms. The standard InChI is InChI=1S/C32H31NO9/c1-40-27-14-20(10-11-25(27)41-18-29(38)39)21(15-28(37)33-12-6-3-7-13-33)30-22(34)16-23(35)31-24(36)17-26(42-32(30)31)19-8-4-2-5-9-19/h2,4-5,8-11,14,16-17,21,34-35H,3,6-7,12-13,15,18H2,1H3,(H,38,39)/t21-/m0/s1. The lowest BCUT2D eigenvalue weighted by molar-refractivity contribution is -0.139. The number of aromatic hydroxyl groups is 2. The van der Waals surface area contributed by atoms with Crippen LogP contribution in [0.3, 0.4) is 0 Å². The van der Waals surface area contributed by atoms with E-state index in [2.05, 4.69) is 0 Å². The number of piperidine rings is 1. The van der Waals surface area contributed by atoms with Crippen molar-refractivity contribution in [3.8, 4) is 34.3 Å². The number of ether oxygens (including phenoxy) is 2. The number of hydrogen-bond donors (Lipinski definition) is 3. The Balaban J connectivity index is 1.70. The number of nitrogens with zero attached hydrogens (tertiary/aromatic N) is 1. The summed E-state index contributed by atoms with van der Waals surface area (Å²) < 4.78 is 17.1.